The number of nitrogens with zero attached hydrogens (tertiary/aromatic N) is 4. The van der Waals surface area contributed by atoms with Gasteiger partial charge in [0.2, 0.25) is 0 Å². The van der Waals surface area contributed by atoms with Crippen LogP contribution in [0.1, 0.15) is 52.3 Å². The van der Waals surface area contributed by atoms with Gasteiger partial charge in [-0.05, 0) is 62.1 Å². The Bertz CT molecular complexity index is 1290. The highest BCUT2D eigenvalue weighted by Gasteiger charge is 2.40. The van der Waals surface area contributed by atoms with E-state index in [1.54, 1.807) is 34.1 Å². The molecule has 0 bridgehead atoms. The van der Waals surface area contributed by atoms with Gasteiger partial charge in [-0.3, -0.25) is 9.59 Å². The monoisotopic (exact) mass is 442 g/mol. The first-order valence-electron chi connectivity index (χ1n) is 10.4. The summed E-state index contributed by atoms with van der Waals surface area (Å²) in [6.07, 6.45) is 0.0102. The molecule has 9 heteroatoms. The fourth-order valence-corrected chi connectivity index (χ4v) is 4.86. The van der Waals surface area contributed by atoms with E-state index in [-0.39, 0.29) is 29.7 Å². The van der Waals surface area contributed by atoms with E-state index in [0.717, 1.165) is 17.3 Å². The number of aryl methyl sites for hydroxylation is 2. The van der Waals surface area contributed by atoms with Crippen LogP contribution in [0.15, 0.2) is 47.7 Å². The summed E-state index contributed by atoms with van der Waals surface area (Å²) in [5.41, 5.74) is 1.76. The van der Waals surface area contributed by atoms with Crippen LogP contribution in [0.3, 0.4) is 0 Å². The SMILES string of the molecule is Cc1cn(-c2ccc3n(c2=O)CC(C)N(C2CCc4ccc(C(F)(F)F)cc42)C3=O)cn1. The van der Waals surface area contributed by atoms with Gasteiger partial charge in [-0.1, -0.05) is 6.07 Å². The molecule has 3 aromatic rings. The average molecular weight is 442 g/mol. The first-order valence-corrected chi connectivity index (χ1v) is 10.4. The van der Waals surface area contributed by atoms with Gasteiger partial charge in [-0.15, -0.1) is 0 Å². The van der Waals surface area contributed by atoms with E-state index < -0.39 is 17.8 Å². The van der Waals surface area contributed by atoms with Crippen LogP contribution in [0.2, 0.25) is 0 Å². The minimum absolute atomic E-state index is 0.245. The highest BCUT2D eigenvalue weighted by Crippen LogP contribution is 2.41. The Morgan fingerprint density at radius 1 is 1.12 bits per heavy atom. The van der Waals surface area contributed by atoms with Gasteiger partial charge in [0.15, 0.2) is 0 Å². The molecule has 1 aliphatic heterocycles. The molecule has 0 N–H and O–H groups in total. The molecule has 0 fully saturated rings. The lowest BCUT2D eigenvalue weighted by Gasteiger charge is -2.40. The highest BCUT2D eigenvalue weighted by molar-refractivity contribution is 5.94. The van der Waals surface area contributed by atoms with Gasteiger partial charge in [-0.2, -0.15) is 13.2 Å². The highest BCUT2D eigenvalue weighted by atomic mass is 19.4. The summed E-state index contributed by atoms with van der Waals surface area (Å²) in [6, 6.07) is 6.17. The molecule has 5 rings (SSSR count). The molecule has 166 valence electrons. The number of rotatable bonds is 2. The number of carbonyl (C=O) groups is 1. The fourth-order valence-electron chi connectivity index (χ4n) is 4.86. The zero-order valence-electron chi connectivity index (χ0n) is 17.6. The molecular weight excluding hydrogens is 421 g/mol. The predicted octanol–water partition coefficient (Wildman–Crippen LogP) is 3.89. The maximum atomic E-state index is 13.4. The second-order valence-electron chi connectivity index (χ2n) is 8.47. The molecule has 2 atom stereocenters. The number of hydrogen-bond acceptors (Lipinski definition) is 3. The molecule has 0 saturated carbocycles. The summed E-state index contributed by atoms with van der Waals surface area (Å²) in [5.74, 6) is -0.343. The second-order valence-corrected chi connectivity index (χ2v) is 8.47. The molecule has 0 radical (unpaired) electrons. The van der Waals surface area contributed by atoms with Crippen molar-refractivity contribution < 1.29 is 18.0 Å². The number of imidazole rings is 1. The smallest absolute Gasteiger partial charge is 0.326 e. The van der Waals surface area contributed by atoms with Crippen LogP contribution in [0.5, 0.6) is 0 Å². The van der Waals surface area contributed by atoms with Crippen molar-refractivity contribution in [2.45, 2.75) is 51.5 Å². The lowest BCUT2D eigenvalue weighted by molar-refractivity contribution is -0.137. The number of hydrogen-bond donors (Lipinski definition) is 0. The molecule has 2 aromatic heterocycles. The molecule has 1 aromatic carbocycles. The zero-order chi connectivity index (χ0) is 22.8. The number of amides is 1. The molecule has 32 heavy (non-hydrogen) atoms. The summed E-state index contributed by atoms with van der Waals surface area (Å²) in [4.78, 5) is 32.3. The van der Waals surface area contributed by atoms with Crippen LogP contribution < -0.4 is 5.56 Å². The van der Waals surface area contributed by atoms with Crippen LogP contribution in [-0.2, 0) is 19.1 Å². The Balaban J connectivity index is 1.54. The summed E-state index contributed by atoms with van der Waals surface area (Å²) in [6.45, 7) is 3.92. The topological polar surface area (TPSA) is 60.1 Å². The standard InChI is InChI=1S/C23H21F3N4O2/c1-13-10-28(12-27-13)19-7-8-20-22(32)30(14(2)11-29(20)21(19)31)18-6-4-15-3-5-16(9-17(15)18)23(24,25)26/h3,5,7-10,12,14,18H,4,6,11H2,1-2H3. The number of benzene rings is 1. The third-order valence-electron chi connectivity index (χ3n) is 6.37. The number of alkyl halides is 3. The lowest BCUT2D eigenvalue weighted by atomic mass is 10.00. The molecule has 2 aliphatic rings. The summed E-state index contributed by atoms with van der Waals surface area (Å²) >= 11 is 0. The van der Waals surface area contributed by atoms with E-state index in [0.29, 0.717) is 24.1 Å². The molecule has 6 nitrogen and oxygen atoms in total. The minimum Gasteiger partial charge on any atom is -0.326 e. The van der Waals surface area contributed by atoms with Crippen molar-refractivity contribution in [1.82, 2.24) is 19.0 Å². The molecule has 1 aliphatic carbocycles. The molecule has 1 amide bonds. The number of fused-ring (bicyclic) bond motifs is 2. The number of pyridine rings is 1. The molecular formula is C23H21F3N4O2. The van der Waals surface area contributed by atoms with Crippen molar-refractivity contribution in [3.8, 4) is 5.69 Å². The van der Waals surface area contributed by atoms with E-state index in [2.05, 4.69) is 4.98 Å². The van der Waals surface area contributed by atoms with Crippen LogP contribution in [0.4, 0.5) is 13.2 Å². The van der Waals surface area contributed by atoms with Crippen molar-refractivity contribution in [3.05, 3.63) is 81.3 Å². The second kappa shape index (κ2) is 7.08. The Kier molecular flexibility index (Phi) is 4.54. The van der Waals surface area contributed by atoms with Crippen molar-refractivity contribution in [3.63, 3.8) is 0 Å². The van der Waals surface area contributed by atoms with Crippen LogP contribution in [-0.4, -0.2) is 31.0 Å². The normalized spacial score (nSPS) is 20.4. The quantitative estimate of drug-likeness (QED) is 0.605. The first kappa shape index (κ1) is 20.5. The Morgan fingerprint density at radius 2 is 1.91 bits per heavy atom. The lowest BCUT2D eigenvalue weighted by Crippen LogP contribution is -2.51. The maximum absolute atomic E-state index is 13.4. The van der Waals surface area contributed by atoms with E-state index >= 15 is 0 Å². The van der Waals surface area contributed by atoms with Gasteiger partial charge < -0.3 is 14.0 Å². The third-order valence-corrected chi connectivity index (χ3v) is 6.37. The predicted molar refractivity (Wildman–Crippen MR) is 111 cm³/mol. The average Bonchev–Trinajstić information content (AvgIpc) is 3.34. The number of aromatic nitrogens is 3. The van der Waals surface area contributed by atoms with Gasteiger partial charge >= 0.3 is 6.18 Å². The van der Waals surface area contributed by atoms with Gasteiger partial charge in [0.1, 0.15) is 11.4 Å². The van der Waals surface area contributed by atoms with E-state index in [9.17, 15) is 22.8 Å². The number of halogens is 3. The minimum atomic E-state index is -4.44. The van der Waals surface area contributed by atoms with Crippen molar-refractivity contribution in [2.24, 2.45) is 0 Å². The maximum Gasteiger partial charge on any atom is 0.416 e. The van der Waals surface area contributed by atoms with E-state index in [4.69, 9.17) is 0 Å². The Morgan fingerprint density at radius 3 is 2.59 bits per heavy atom. The third kappa shape index (κ3) is 3.14. The van der Waals surface area contributed by atoms with Crippen molar-refractivity contribution in [1.29, 1.82) is 0 Å². The van der Waals surface area contributed by atoms with Gasteiger partial charge in [0.25, 0.3) is 11.5 Å². The summed E-state index contributed by atoms with van der Waals surface area (Å²) < 4.78 is 42.9. The van der Waals surface area contributed by atoms with Gasteiger partial charge in [0.05, 0.1) is 23.6 Å². The van der Waals surface area contributed by atoms with Crippen LogP contribution in [0, 0.1) is 6.92 Å². The molecule has 0 spiro atoms. The molecule has 3 heterocycles. The van der Waals surface area contributed by atoms with Gasteiger partial charge in [-0.25, -0.2) is 4.98 Å². The largest absolute Gasteiger partial charge is 0.416 e. The molecule has 0 saturated heterocycles. The van der Waals surface area contributed by atoms with Crippen molar-refractivity contribution in [2.75, 3.05) is 0 Å². The van der Waals surface area contributed by atoms with Crippen molar-refractivity contribution >= 4 is 5.91 Å². The first-order chi connectivity index (χ1) is 15.1. The van der Waals surface area contributed by atoms with E-state index in [1.165, 1.54) is 16.7 Å². The van der Waals surface area contributed by atoms with Crippen LogP contribution >= 0.6 is 0 Å². The summed E-state index contributed by atoms with van der Waals surface area (Å²) in [7, 11) is 0. The molecule has 2 unspecified atom stereocenters. The van der Waals surface area contributed by atoms with Crippen LogP contribution in [0.25, 0.3) is 5.69 Å². The number of carbonyl (C=O) groups excluding carboxylic acids is 1. The zero-order valence-corrected chi connectivity index (χ0v) is 17.6. The van der Waals surface area contributed by atoms with Gasteiger partial charge in [0, 0.05) is 18.8 Å². The Hall–Kier alpha value is -3.36. The fraction of sp³-hybridized carbons (Fsp3) is 0.348. The van der Waals surface area contributed by atoms with E-state index in [1.807, 2.05) is 13.8 Å². The summed E-state index contributed by atoms with van der Waals surface area (Å²) in [5, 5.41) is 0. The Labute approximate surface area is 181 Å².